The fraction of sp³-hybridized carbons (Fsp3) is 0.105. The molecule has 0 fully saturated rings. The third-order valence-corrected chi connectivity index (χ3v) is 5.36. The zero-order valence-corrected chi connectivity index (χ0v) is 19.8. The number of pyridine rings is 2. The van der Waals surface area contributed by atoms with Gasteiger partial charge in [-0.05, 0) is 57.0 Å². The molecule has 13 heteroatoms. The van der Waals surface area contributed by atoms with E-state index in [0.717, 1.165) is 18.2 Å². The number of rotatable bonds is 2. The van der Waals surface area contributed by atoms with Crippen molar-refractivity contribution < 1.29 is 23.2 Å². The Balaban J connectivity index is 0.000000222. The van der Waals surface area contributed by atoms with E-state index in [1.807, 2.05) is 0 Å². The number of carbonyl (C=O) groups is 1. The van der Waals surface area contributed by atoms with E-state index in [0.29, 0.717) is 14.6 Å². The van der Waals surface area contributed by atoms with Crippen LogP contribution in [0.25, 0.3) is 0 Å². The maximum atomic E-state index is 13.4. The quantitative estimate of drug-likeness (QED) is 0.230. The largest absolute Gasteiger partial charge is 0.455 e. The van der Waals surface area contributed by atoms with Crippen LogP contribution in [-0.4, -0.2) is 20.8 Å². The molecule has 1 aromatic carbocycles. The first kappa shape index (κ1) is 24.0. The number of nitro groups is 1. The number of fused-ring (bicyclic) bond motifs is 1. The van der Waals surface area contributed by atoms with Gasteiger partial charge in [0.25, 0.3) is 5.91 Å². The average molecular weight is 593 g/mol. The summed E-state index contributed by atoms with van der Waals surface area (Å²) in [6, 6.07) is 5.79. The standard InChI is InChI=1S/C14H9BrF2N2O2.C5H2BrClN2O2/c1-14(7-2-9(16)5-10(17)3-7)13(20)19-11-4-8(15)6-18-12(11)21-14;6-3-1-4(9(10)11)5(7)8-2-3/h2-6H,1H3,(H,19,20);1-2H/t14-;/m0./s1. The highest BCUT2D eigenvalue weighted by molar-refractivity contribution is 9.10. The number of hydrogen-bond acceptors (Lipinski definition) is 6. The van der Waals surface area contributed by atoms with Crippen molar-refractivity contribution in [1.29, 1.82) is 0 Å². The van der Waals surface area contributed by atoms with Crippen LogP contribution in [0.5, 0.6) is 5.88 Å². The summed E-state index contributed by atoms with van der Waals surface area (Å²) in [5.41, 5.74) is -1.28. The molecule has 0 aliphatic carbocycles. The number of benzene rings is 1. The first-order chi connectivity index (χ1) is 15.0. The monoisotopic (exact) mass is 590 g/mol. The van der Waals surface area contributed by atoms with Gasteiger partial charge < -0.3 is 10.1 Å². The van der Waals surface area contributed by atoms with Crippen LogP contribution in [-0.2, 0) is 10.4 Å². The number of amides is 1. The van der Waals surface area contributed by atoms with Crippen molar-refractivity contribution in [2.45, 2.75) is 12.5 Å². The lowest BCUT2D eigenvalue weighted by atomic mass is 9.93. The van der Waals surface area contributed by atoms with Crippen LogP contribution in [0.1, 0.15) is 12.5 Å². The van der Waals surface area contributed by atoms with Crippen LogP contribution in [0.4, 0.5) is 20.2 Å². The van der Waals surface area contributed by atoms with Crippen LogP contribution in [0.15, 0.2) is 51.7 Å². The predicted molar refractivity (Wildman–Crippen MR) is 119 cm³/mol. The van der Waals surface area contributed by atoms with Crippen molar-refractivity contribution >= 4 is 60.7 Å². The van der Waals surface area contributed by atoms with Crippen molar-refractivity contribution in [1.82, 2.24) is 9.97 Å². The molecular formula is C19H11Br2ClF2N4O4. The zero-order chi connectivity index (χ0) is 23.6. The fourth-order valence-electron chi connectivity index (χ4n) is 2.64. The lowest BCUT2D eigenvalue weighted by molar-refractivity contribution is -0.385. The van der Waals surface area contributed by atoms with Gasteiger partial charge in [-0.25, -0.2) is 18.7 Å². The Morgan fingerprint density at radius 2 is 1.69 bits per heavy atom. The van der Waals surface area contributed by atoms with Gasteiger partial charge in [0, 0.05) is 39.0 Å². The summed E-state index contributed by atoms with van der Waals surface area (Å²) in [6.45, 7) is 1.43. The number of aromatic nitrogens is 2. The fourth-order valence-corrected chi connectivity index (χ4v) is 3.46. The molecule has 4 rings (SSSR count). The molecule has 1 aliphatic heterocycles. The average Bonchev–Trinajstić information content (AvgIpc) is 2.70. The topological polar surface area (TPSA) is 107 Å². The Kier molecular flexibility index (Phi) is 7.06. The van der Waals surface area contributed by atoms with E-state index >= 15 is 0 Å². The summed E-state index contributed by atoms with van der Waals surface area (Å²) < 4.78 is 33.6. The minimum Gasteiger partial charge on any atom is -0.455 e. The number of anilines is 1. The third kappa shape index (κ3) is 5.19. The van der Waals surface area contributed by atoms with Crippen LogP contribution >= 0.6 is 43.5 Å². The highest BCUT2D eigenvalue weighted by Gasteiger charge is 2.43. The van der Waals surface area contributed by atoms with Gasteiger partial charge in [-0.2, -0.15) is 0 Å². The minimum atomic E-state index is -1.56. The molecule has 1 atom stereocenters. The highest BCUT2D eigenvalue weighted by Crippen LogP contribution is 2.38. The molecule has 3 heterocycles. The minimum absolute atomic E-state index is 0.0767. The molecule has 0 spiro atoms. The van der Waals surface area contributed by atoms with Crippen LogP contribution in [0.2, 0.25) is 5.15 Å². The zero-order valence-electron chi connectivity index (χ0n) is 15.9. The van der Waals surface area contributed by atoms with E-state index in [-0.39, 0.29) is 22.3 Å². The molecule has 1 amide bonds. The second-order valence-corrected chi connectivity index (χ2v) is 8.66. The molecule has 0 saturated carbocycles. The molecule has 2 aromatic heterocycles. The molecule has 166 valence electrons. The van der Waals surface area contributed by atoms with Crippen molar-refractivity contribution in [2.24, 2.45) is 0 Å². The number of nitrogens with one attached hydrogen (secondary N) is 1. The summed E-state index contributed by atoms with van der Waals surface area (Å²) in [5.74, 6) is -1.90. The molecule has 1 aliphatic rings. The summed E-state index contributed by atoms with van der Waals surface area (Å²) in [6.07, 6.45) is 2.90. The summed E-state index contributed by atoms with van der Waals surface area (Å²) in [7, 11) is 0. The van der Waals surface area contributed by atoms with Gasteiger partial charge in [0.2, 0.25) is 16.6 Å². The van der Waals surface area contributed by atoms with Crippen molar-refractivity contribution in [2.75, 3.05) is 5.32 Å². The number of ether oxygens (including phenoxy) is 1. The summed E-state index contributed by atoms with van der Waals surface area (Å²) >= 11 is 11.7. The van der Waals surface area contributed by atoms with E-state index in [9.17, 15) is 23.7 Å². The van der Waals surface area contributed by atoms with E-state index in [1.165, 1.54) is 25.4 Å². The predicted octanol–water partition coefficient (Wildman–Crippen LogP) is 5.77. The second-order valence-electron chi connectivity index (χ2n) is 6.47. The van der Waals surface area contributed by atoms with E-state index in [4.69, 9.17) is 16.3 Å². The van der Waals surface area contributed by atoms with Gasteiger partial charge in [0.1, 0.15) is 17.3 Å². The maximum absolute atomic E-state index is 13.4. The Morgan fingerprint density at radius 1 is 1.09 bits per heavy atom. The molecule has 0 saturated heterocycles. The molecule has 0 radical (unpaired) electrons. The molecule has 0 unspecified atom stereocenters. The maximum Gasteiger partial charge on any atom is 0.307 e. The van der Waals surface area contributed by atoms with Gasteiger partial charge >= 0.3 is 5.69 Å². The van der Waals surface area contributed by atoms with Crippen molar-refractivity contribution in [3.63, 3.8) is 0 Å². The number of carbonyl (C=O) groups excluding carboxylic acids is 1. The Bertz CT molecular complexity index is 1210. The smallest absolute Gasteiger partial charge is 0.307 e. The van der Waals surface area contributed by atoms with Crippen LogP contribution in [0, 0.1) is 21.7 Å². The third-order valence-electron chi connectivity index (χ3n) is 4.20. The van der Waals surface area contributed by atoms with Gasteiger partial charge in [0.05, 0.1) is 4.92 Å². The van der Waals surface area contributed by atoms with Gasteiger partial charge in [-0.3, -0.25) is 14.9 Å². The highest BCUT2D eigenvalue weighted by atomic mass is 79.9. The van der Waals surface area contributed by atoms with E-state index < -0.39 is 28.1 Å². The number of halogens is 5. The van der Waals surface area contributed by atoms with Crippen molar-refractivity contribution in [3.8, 4) is 5.88 Å². The van der Waals surface area contributed by atoms with Crippen molar-refractivity contribution in [3.05, 3.63) is 84.1 Å². The molecule has 8 nitrogen and oxygen atoms in total. The Labute approximate surface area is 201 Å². The second kappa shape index (κ2) is 9.43. The lowest BCUT2D eigenvalue weighted by Crippen LogP contribution is -2.46. The summed E-state index contributed by atoms with van der Waals surface area (Å²) in [5, 5.41) is 12.8. The molecule has 1 N–H and O–H groups in total. The van der Waals surface area contributed by atoms with Gasteiger partial charge in [0.15, 0.2) is 0 Å². The Hall–Kier alpha value is -2.70. The van der Waals surface area contributed by atoms with Gasteiger partial charge in [-0.1, -0.05) is 11.6 Å². The molecular weight excluding hydrogens is 581 g/mol. The summed E-state index contributed by atoms with van der Waals surface area (Å²) in [4.78, 5) is 29.6. The number of nitrogens with zero attached hydrogens (tertiary/aromatic N) is 3. The van der Waals surface area contributed by atoms with E-state index in [1.54, 1.807) is 6.07 Å². The Morgan fingerprint density at radius 3 is 2.28 bits per heavy atom. The first-order valence-corrected chi connectivity index (χ1v) is 10.5. The SMILES string of the molecule is C[C@@]1(c2cc(F)cc(F)c2)Oc2ncc(Br)cc2NC1=O.O=[N+]([O-])c1cc(Br)cnc1Cl. The number of hydrogen-bond donors (Lipinski definition) is 1. The first-order valence-electron chi connectivity index (χ1n) is 8.57. The van der Waals surface area contributed by atoms with Crippen LogP contribution < -0.4 is 10.1 Å². The normalized spacial score (nSPS) is 16.8. The molecule has 0 bridgehead atoms. The molecule has 32 heavy (non-hydrogen) atoms. The van der Waals surface area contributed by atoms with E-state index in [2.05, 4.69) is 47.1 Å². The van der Waals surface area contributed by atoms with Gasteiger partial charge in [-0.15, -0.1) is 0 Å². The van der Waals surface area contributed by atoms with Crippen LogP contribution in [0.3, 0.4) is 0 Å². The lowest BCUT2D eigenvalue weighted by Gasteiger charge is -2.34. The molecule has 3 aromatic rings.